The van der Waals surface area contributed by atoms with Gasteiger partial charge in [-0.1, -0.05) is 0 Å². The Kier molecular flexibility index (Phi) is 1.87. The van der Waals surface area contributed by atoms with E-state index in [-0.39, 0.29) is 11.6 Å². The summed E-state index contributed by atoms with van der Waals surface area (Å²) in [7, 11) is 1.64. The predicted octanol–water partition coefficient (Wildman–Crippen LogP) is 1.76. The lowest BCUT2D eigenvalue weighted by Gasteiger charge is -2.22. The van der Waals surface area contributed by atoms with Crippen LogP contribution in [0.2, 0.25) is 0 Å². The molecule has 1 heterocycles. The van der Waals surface area contributed by atoms with Gasteiger partial charge in [0.15, 0.2) is 0 Å². The summed E-state index contributed by atoms with van der Waals surface area (Å²) in [5.41, 5.74) is 1.01. The van der Waals surface area contributed by atoms with E-state index in [1.165, 1.54) is 0 Å². The second kappa shape index (κ2) is 3.14. The van der Waals surface area contributed by atoms with Gasteiger partial charge in [-0.25, -0.2) is 4.79 Å². The van der Waals surface area contributed by atoms with Crippen molar-refractivity contribution in [3.8, 4) is 5.75 Å². The number of nitrogens with one attached hydrogen (secondary N) is 1. The maximum atomic E-state index is 11.8. The molecule has 16 heavy (non-hydrogen) atoms. The summed E-state index contributed by atoms with van der Waals surface area (Å²) in [6.45, 7) is 0.776. The molecular formula is C12H14N2O2. The molecule has 2 fully saturated rings. The third-order valence-corrected chi connectivity index (χ3v) is 3.40. The first kappa shape index (κ1) is 9.51. The van der Waals surface area contributed by atoms with E-state index < -0.39 is 0 Å². The van der Waals surface area contributed by atoms with Crippen molar-refractivity contribution >= 4 is 11.7 Å². The van der Waals surface area contributed by atoms with Crippen molar-refractivity contribution in [2.24, 2.45) is 0 Å². The number of urea groups is 1. The Morgan fingerprint density at radius 2 is 2.00 bits per heavy atom. The van der Waals surface area contributed by atoms with E-state index in [9.17, 15) is 4.79 Å². The van der Waals surface area contributed by atoms with Crippen LogP contribution in [0.3, 0.4) is 0 Å². The third-order valence-electron chi connectivity index (χ3n) is 3.40. The number of carbonyl (C=O) groups excluding carboxylic acids is 1. The van der Waals surface area contributed by atoms with Crippen LogP contribution in [-0.2, 0) is 0 Å². The molecule has 4 heteroatoms. The second-order valence-corrected chi connectivity index (χ2v) is 4.42. The smallest absolute Gasteiger partial charge is 0.322 e. The first-order chi connectivity index (χ1) is 7.75. The molecule has 1 N–H and O–H groups in total. The lowest BCUT2D eigenvalue weighted by Crippen LogP contribution is -2.35. The highest BCUT2D eigenvalue weighted by Gasteiger charge is 2.55. The minimum Gasteiger partial charge on any atom is -0.497 e. The normalized spacial score (nSPS) is 21.1. The molecule has 1 aliphatic heterocycles. The molecule has 0 aromatic heterocycles. The maximum absolute atomic E-state index is 11.8. The van der Waals surface area contributed by atoms with Gasteiger partial charge in [-0.3, -0.25) is 4.90 Å². The van der Waals surface area contributed by atoms with Crippen LogP contribution in [-0.4, -0.2) is 25.2 Å². The average molecular weight is 218 g/mol. The van der Waals surface area contributed by atoms with Crippen LogP contribution in [0.5, 0.6) is 5.75 Å². The van der Waals surface area contributed by atoms with E-state index in [0.29, 0.717) is 0 Å². The van der Waals surface area contributed by atoms with E-state index in [0.717, 1.165) is 30.8 Å². The van der Waals surface area contributed by atoms with Crippen molar-refractivity contribution < 1.29 is 9.53 Å². The SMILES string of the molecule is COc1ccc(N2C(=O)NCC23CC3)cc1. The van der Waals surface area contributed by atoms with Gasteiger partial charge in [-0.15, -0.1) is 0 Å². The van der Waals surface area contributed by atoms with Gasteiger partial charge in [-0.05, 0) is 37.1 Å². The monoisotopic (exact) mass is 218 g/mol. The zero-order valence-corrected chi connectivity index (χ0v) is 9.19. The van der Waals surface area contributed by atoms with Crippen LogP contribution in [0, 0.1) is 0 Å². The summed E-state index contributed by atoms with van der Waals surface area (Å²) < 4.78 is 5.11. The van der Waals surface area contributed by atoms with Gasteiger partial charge >= 0.3 is 6.03 Å². The van der Waals surface area contributed by atoms with Crippen LogP contribution in [0.25, 0.3) is 0 Å². The first-order valence-corrected chi connectivity index (χ1v) is 5.47. The molecule has 0 unspecified atom stereocenters. The van der Waals surface area contributed by atoms with Gasteiger partial charge in [-0.2, -0.15) is 0 Å². The Balaban J connectivity index is 1.93. The van der Waals surface area contributed by atoms with Gasteiger partial charge in [0.25, 0.3) is 0 Å². The molecule has 0 radical (unpaired) electrons. The highest BCUT2D eigenvalue weighted by molar-refractivity contribution is 5.97. The van der Waals surface area contributed by atoms with E-state index in [1.54, 1.807) is 7.11 Å². The largest absolute Gasteiger partial charge is 0.497 e. The number of methoxy groups -OCH3 is 1. The number of benzene rings is 1. The first-order valence-electron chi connectivity index (χ1n) is 5.47. The Bertz CT molecular complexity index is 423. The maximum Gasteiger partial charge on any atom is 0.322 e. The summed E-state index contributed by atoms with van der Waals surface area (Å²) >= 11 is 0. The molecule has 0 atom stereocenters. The van der Waals surface area contributed by atoms with Gasteiger partial charge in [0.05, 0.1) is 12.6 Å². The number of nitrogens with zero attached hydrogens (tertiary/aromatic N) is 1. The molecule has 2 aliphatic rings. The molecule has 1 spiro atoms. The number of rotatable bonds is 2. The van der Waals surface area contributed by atoms with Crippen LogP contribution in [0.1, 0.15) is 12.8 Å². The van der Waals surface area contributed by atoms with Crippen molar-refractivity contribution in [1.82, 2.24) is 5.32 Å². The topological polar surface area (TPSA) is 41.6 Å². The highest BCUT2D eigenvalue weighted by Crippen LogP contribution is 2.46. The minimum absolute atomic E-state index is 0.0164. The number of hydrogen-bond donors (Lipinski definition) is 1. The Morgan fingerprint density at radius 3 is 2.56 bits per heavy atom. The van der Waals surface area contributed by atoms with Gasteiger partial charge in [0.1, 0.15) is 5.75 Å². The lowest BCUT2D eigenvalue weighted by atomic mass is 10.2. The van der Waals surface area contributed by atoms with E-state index >= 15 is 0 Å². The van der Waals surface area contributed by atoms with Crippen molar-refractivity contribution in [1.29, 1.82) is 0 Å². The Hall–Kier alpha value is -1.71. The molecular weight excluding hydrogens is 204 g/mol. The zero-order valence-electron chi connectivity index (χ0n) is 9.19. The quantitative estimate of drug-likeness (QED) is 0.821. The van der Waals surface area contributed by atoms with Crippen LogP contribution in [0.4, 0.5) is 10.5 Å². The predicted molar refractivity (Wildman–Crippen MR) is 60.8 cm³/mol. The number of amides is 2. The van der Waals surface area contributed by atoms with Crippen LogP contribution in [0.15, 0.2) is 24.3 Å². The van der Waals surface area contributed by atoms with Crippen molar-refractivity contribution in [2.45, 2.75) is 18.4 Å². The minimum atomic E-state index is 0.0164. The Morgan fingerprint density at radius 1 is 1.31 bits per heavy atom. The zero-order chi connectivity index (χ0) is 11.2. The molecule has 4 nitrogen and oxygen atoms in total. The molecule has 1 saturated heterocycles. The number of hydrogen-bond acceptors (Lipinski definition) is 2. The number of carbonyl (C=O) groups is 1. The van der Waals surface area contributed by atoms with Crippen LogP contribution >= 0.6 is 0 Å². The molecule has 2 amide bonds. The van der Waals surface area contributed by atoms with Gasteiger partial charge < -0.3 is 10.1 Å². The number of anilines is 1. The fourth-order valence-corrected chi connectivity index (χ4v) is 2.28. The molecule has 0 bridgehead atoms. The Labute approximate surface area is 94.2 Å². The molecule has 1 aliphatic carbocycles. The lowest BCUT2D eigenvalue weighted by molar-refractivity contribution is 0.251. The van der Waals surface area contributed by atoms with Gasteiger partial charge in [0, 0.05) is 12.2 Å². The summed E-state index contributed by atoms with van der Waals surface area (Å²) in [5.74, 6) is 0.813. The summed E-state index contributed by atoms with van der Waals surface area (Å²) in [6.07, 6.45) is 2.19. The summed E-state index contributed by atoms with van der Waals surface area (Å²) in [6, 6.07) is 7.66. The van der Waals surface area contributed by atoms with Crippen LogP contribution < -0.4 is 15.0 Å². The molecule has 1 saturated carbocycles. The molecule has 84 valence electrons. The number of ether oxygens (including phenoxy) is 1. The van der Waals surface area contributed by atoms with E-state index in [1.807, 2.05) is 29.2 Å². The summed E-state index contributed by atoms with van der Waals surface area (Å²) in [5, 5.41) is 2.91. The summed E-state index contributed by atoms with van der Waals surface area (Å²) in [4.78, 5) is 13.6. The standard InChI is InChI=1S/C12H14N2O2/c1-16-10-4-2-9(3-5-10)14-11(15)13-8-12(14)6-7-12/h2-5H,6-8H2,1H3,(H,13,15). The van der Waals surface area contributed by atoms with E-state index in [4.69, 9.17) is 4.74 Å². The highest BCUT2D eigenvalue weighted by atomic mass is 16.5. The van der Waals surface area contributed by atoms with Crippen molar-refractivity contribution in [3.63, 3.8) is 0 Å². The third kappa shape index (κ3) is 1.26. The second-order valence-electron chi connectivity index (χ2n) is 4.42. The molecule has 3 rings (SSSR count). The van der Waals surface area contributed by atoms with Crippen molar-refractivity contribution in [3.05, 3.63) is 24.3 Å². The molecule has 1 aromatic rings. The fraction of sp³-hybridized carbons (Fsp3) is 0.417. The van der Waals surface area contributed by atoms with E-state index in [2.05, 4.69) is 5.32 Å². The average Bonchev–Trinajstić information content (AvgIpc) is 3.01. The fourth-order valence-electron chi connectivity index (χ4n) is 2.28. The molecule has 1 aromatic carbocycles. The van der Waals surface area contributed by atoms with Gasteiger partial charge in [0.2, 0.25) is 0 Å². The van der Waals surface area contributed by atoms with Crippen molar-refractivity contribution in [2.75, 3.05) is 18.6 Å².